The number of hydrogen-bond acceptors (Lipinski definition) is 5. The fourth-order valence-electron chi connectivity index (χ4n) is 2.56. The smallest absolute Gasteiger partial charge is 0.260 e. The molecular formula is C21H20N4O3. The van der Waals surface area contributed by atoms with E-state index < -0.39 is 0 Å². The summed E-state index contributed by atoms with van der Waals surface area (Å²) in [5, 5.41) is 8.67. The minimum Gasteiger partial charge on any atom is -0.496 e. The van der Waals surface area contributed by atoms with Crippen molar-refractivity contribution in [2.75, 3.05) is 23.1 Å². The predicted molar refractivity (Wildman–Crippen MR) is 109 cm³/mol. The molecule has 142 valence electrons. The Labute approximate surface area is 162 Å². The SMILES string of the molecule is COc1ccccc1C(=O)Nc1ccc(Nc2ccc(NC(C)=O)cc2)cn1. The summed E-state index contributed by atoms with van der Waals surface area (Å²) < 4.78 is 5.20. The fraction of sp³-hybridized carbons (Fsp3) is 0.0952. The van der Waals surface area contributed by atoms with E-state index in [1.54, 1.807) is 48.7 Å². The van der Waals surface area contributed by atoms with Gasteiger partial charge in [0.25, 0.3) is 5.91 Å². The number of benzene rings is 2. The van der Waals surface area contributed by atoms with Crippen LogP contribution in [0, 0.1) is 0 Å². The highest BCUT2D eigenvalue weighted by atomic mass is 16.5. The second-order valence-electron chi connectivity index (χ2n) is 5.97. The standard InChI is InChI=1S/C21H20N4O3/c1-14(26)23-15-7-9-16(10-8-15)24-17-11-12-20(22-13-17)25-21(27)18-5-3-4-6-19(18)28-2/h3-13,24H,1-2H3,(H,23,26)(H,22,25,27). The molecular weight excluding hydrogens is 356 g/mol. The molecule has 3 rings (SSSR count). The van der Waals surface area contributed by atoms with Gasteiger partial charge in [0.15, 0.2) is 0 Å². The van der Waals surface area contributed by atoms with E-state index in [9.17, 15) is 9.59 Å². The first kappa shape index (κ1) is 18.9. The van der Waals surface area contributed by atoms with Gasteiger partial charge >= 0.3 is 0 Å². The molecule has 2 amide bonds. The van der Waals surface area contributed by atoms with Crippen molar-refractivity contribution in [1.29, 1.82) is 0 Å². The van der Waals surface area contributed by atoms with E-state index in [4.69, 9.17) is 4.74 Å². The van der Waals surface area contributed by atoms with E-state index in [-0.39, 0.29) is 11.8 Å². The van der Waals surface area contributed by atoms with E-state index in [0.717, 1.165) is 17.1 Å². The Hall–Kier alpha value is -3.87. The molecule has 3 aromatic rings. The summed E-state index contributed by atoms with van der Waals surface area (Å²) in [5.74, 6) is 0.526. The van der Waals surface area contributed by atoms with Gasteiger partial charge in [-0.25, -0.2) is 4.98 Å². The molecule has 0 radical (unpaired) electrons. The van der Waals surface area contributed by atoms with Gasteiger partial charge in [-0.1, -0.05) is 12.1 Å². The Bertz CT molecular complexity index is 970. The molecule has 1 heterocycles. The van der Waals surface area contributed by atoms with Crippen LogP contribution in [0.3, 0.4) is 0 Å². The minimum absolute atomic E-state index is 0.115. The van der Waals surface area contributed by atoms with Crippen LogP contribution in [-0.4, -0.2) is 23.9 Å². The largest absolute Gasteiger partial charge is 0.496 e. The van der Waals surface area contributed by atoms with Crippen LogP contribution in [0.15, 0.2) is 66.9 Å². The van der Waals surface area contributed by atoms with Crippen LogP contribution in [-0.2, 0) is 4.79 Å². The highest BCUT2D eigenvalue weighted by Crippen LogP contribution is 2.21. The zero-order valence-electron chi connectivity index (χ0n) is 15.5. The first-order chi connectivity index (χ1) is 13.5. The molecule has 0 fully saturated rings. The van der Waals surface area contributed by atoms with Crippen molar-refractivity contribution >= 4 is 34.7 Å². The van der Waals surface area contributed by atoms with E-state index >= 15 is 0 Å². The van der Waals surface area contributed by atoms with Gasteiger partial charge in [0.1, 0.15) is 11.6 Å². The summed E-state index contributed by atoms with van der Waals surface area (Å²) in [7, 11) is 1.52. The highest BCUT2D eigenvalue weighted by Gasteiger charge is 2.12. The number of para-hydroxylation sites is 1. The number of aromatic nitrogens is 1. The molecule has 3 N–H and O–H groups in total. The number of anilines is 4. The maximum Gasteiger partial charge on any atom is 0.260 e. The molecule has 0 saturated heterocycles. The van der Waals surface area contributed by atoms with Crippen molar-refractivity contribution in [3.8, 4) is 5.75 Å². The molecule has 0 aliphatic heterocycles. The number of methoxy groups -OCH3 is 1. The zero-order chi connectivity index (χ0) is 19.9. The van der Waals surface area contributed by atoms with Gasteiger partial charge < -0.3 is 20.7 Å². The van der Waals surface area contributed by atoms with E-state index in [1.165, 1.54) is 14.0 Å². The van der Waals surface area contributed by atoms with Gasteiger partial charge in [-0.2, -0.15) is 0 Å². The number of nitrogens with zero attached hydrogens (tertiary/aromatic N) is 1. The summed E-state index contributed by atoms with van der Waals surface area (Å²) in [6, 6.07) is 17.8. The molecule has 7 heteroatoms. The summed E-state index contributed by atoms with van der Waals surface area (Å²) in [5.41, 5.74) is 2.78. The monoisotopic (exact) mass is 376 g/mol. The molecule has 0 saturated carbocycles. The predicted octanol–water partition coefficient (Wildman–Crippen LogP) is 4.04. The molecule has 0 aliphatic rings. The van der Waals surface area contributed by atoms with Gasteiger partial charge in [-0.3, -0.25) is 9.59 Å². The van der Waals surface area contributed by atoms with Gasteiger partial charge in [-0.05, 0) is 48.5 Å². The molecule has 1 aromatic heterocycles. The van der Waals surface area contributed by atoms with Crippen LogP contribution in [0.4, 0.5) is 22.9 Å². The third-order valence-corrected chi connectivity index (χ3v) is 3.85. The van der Waals surface area contributed by atoms with Crippen molar-refractivity contribution in [2.45, 2.75) is 6.92 Å². The lowest BCUT2D eigenvalue weighted by atomic mass is 10.2. The van der Waals surface area contributed by atoms with Crippen molar-refractivity contribution in [2.24, 2.45) is 0 Å². The number of hydrogen-bond donors (Lipinski definition) is 3. The maximum atomic E-state index is 12.4. The van der Waals surface area contributed by atoms with E-state index in [0.29, 0.717) is 17.1 Å². The Morgan fingerprint density at radius 3 is 2.18 bits per heavy atom. The number of pyridine rings is 1. The second kappa shape index (κ2) is 8.68. The second-order valence-corrected chi connectivity index (χ2v) is 5.97. The topological polar surface area (TPSA) is 92.4 Å². The zero-order valence-corrected chi connectivity index (χ0v) is 15.5. The van der Waals surface area contributed by atoms with Crippen LogP contribution in [0.1, 0.15) is 17.3 Å². The van der Waals surface area contributed by atoms with E-state index in [2.05, 4.69) is 20.9 Å². The van der Waals surface area contributed by atoms with Crippen LogP contribution in [0.25, 0.3) is 0 Å². The van der Waals surface area contributed by atoms with Gasteiger partial charge in [0, 0.05) is 18.3 Å². The Balaban J connectivity index is 1.63. The van der Waals surface area contributed by atoms with Gasteiger partial charge in [0.05, 0.1) is 24.6 Å². The normalized spacial score (nSPS) is 10.1. The third-order valence-electron chi connectivity index (χ3n) is 3.85. The van der Waals surface area contributed by atoms with Crippen molar-refractivity contribution in [3.63, 3.8) is 0 Å². The summed E-state index contributed by atoms with van der Waals surface area (Å²) in [6.07, 6.45) is 1.62. The number of ether oxygens (including phenoxy) is 1. The number of carbonyl (C=O) groups excluding carboxylic acids is 2. The van der Waals surface area contributed by atoms with Gasteiger partial charge in [-0.15, -0.1) is 0 Å². The van der Waals surface area contributed by atoms with Crippen LogP contribution < -0.4 is 20.7 Å². The lowest BCUT2D eigenvalue weighted by molar-refractivity contribution is -0.114. The average molecular weight is 376 g/mol. The Morgan fingerprint density at radius 2 is 1.54 bits per heavy atom. The van der Waals surface area contributed by atoms with Crippen LogP contribution >= 0.6 is 0 Å². The Kier molecular flexibility index (Phi) is 5.86. The van der Waals surface area contributed by atoms with Crippen molar-refractivity contribution in [1.82, 2.24) is 4.98 Å². The van der Waals surface area contributed by atoms with Crippen molar-refractivity contribution in [3.05, 3.63) is 72.4 Å². The molecule has 0 atom stereocenters. The summed E-state index contributed by atoms with van der Waals surface area (Å²) >= 11 is 0. The number of carbonyl (C=O) groups is 2. The number of rotatable bonds is 6. The van der Waals surface area contributed by atoms with Crippen LogP contribution in [0.5, 0.6) is 5.75 Å². The first-order valence-corrected chi connectivity index (χ1v) is 8.60. The highest BCUT2D eigenvalue weighted by molar-refractivity contribution is 6.05. The quantitative estimate of drug-likeness (QED) is 0.604. The molecule has 0 spiro atoms. The average Bonchev–Trinajstić information content (AvgIpc) is 2.70. The third kappa shape index (κ3) is 4.85. The van der Waals surface area contributed by atoms with Crippen molar-refractivity contribution < 1.29 is 14.3 Å². The lowest BCUT2D eigenvalue weighted by Crippen LogP contribution is -2.14. The molecule has 7 nitrogen and oxygen atoms in total. The molecule has 0 aliphatic carbocycles. The first-order valence-electron chi connectivity index (χ1n) is 8.60. The fourth-order valence-corrected chi connectivity index (χ4v) is 2.56. The minimum atomic E-state index is -0.292. The number of nitrogens with one attached hydrogen (secondary N) is 3. The van der Waals surface area contributed by atoms with Gasteiger partial charge in [0.2, 0.25) is 5.91 Å². The molecule has 0 unspecified atom stereocenters. The molecule has 0 bridgehead atoms. The summed E-state index contributed by atoms with van der Waals surface area (Å²) in [4.78, 5) is 27.7. The molecule has 2 aromatic carbocycles. The van der Waals surface area contributed by atoms with E-state index in [1.807, 2.05) is 18.2 Å². The van der Waals surface area contributed by atoms with Crippen LogP contribution in [0.2, 0.25) is 0 Å². The maximum absolute atomic E-state index is 12.4. The lowest BCUT2D eigenvalue weighted by Gasteiger charge is -2.10. The Morgan fingerprint density at radius 1 is 0.857 bits per heavy atom. The summed E-state index contributed by atoms with van der Waals surface area (Å²) in [6.45, 7) is 1.46. The number of amides is 2. The molecule has 28 heavy (non-hydrogen) atoms.